The summed E-state index contributed by atoms with van der Waals surface area (Å²) in [4.78, 5) is 17.3. The van der Waals surface area contributed by atoms with Gasteiger partial charge in [0.1, 0.15) is 6.04 Å². The fourth-order valence-electron chi connectivity index (χ4n) is 3.51. The molecule has 0 N–H and O–H groups in total. The zero-order valence-electron chi connectivity index (χ0n) is 15.5. The summed E-state index contributed by atoms with van der Waals surface area (Å²) >= 11 is 0. The van der Waals surface area contributed by atoms with E-state index in [4.69, 9.17) is 4.74 Å². The Hall–Kier alpha value is -2.17. The summed E-state index contributed by atoms with van der Waals surface area (Å²) in [5.41, 5.74) is 2.52. The van der Waals surface area contributed by atoms with Gasteiger partial charge in [0.05, 0.1) is 6.61 Å². The standard InChI is InChI=1S/C22H28N2O2/c1-2-26-22(25)21(17-19-9-5-3-6-10-19)24-15-13-23(14-16-24)18-20-11-7-4-8-12-20/h3-12,21H,2,13-18H2,1H3. The van der Waals surface area contributed by atoms with Crippen LogP contribution in [0.3, 0.4) is 0 Å². The van der Waals surface area contributed by atoms with Crippen molar-refractivity contribution >= 4 is 5.97 Å². The van der Waals surface area contributed by atoms with Crippen molar-refractivity contribution in [2.24, 2.45) is 0 Å². The topological polar surface area (TPSA) is 32.8 Å². The van der Waals surface area contributed by atoms with E-state index in [1.165, 1.54) is 11.1 Å². The van der Waals surface area contributed by atoms with Gasteiger partial charge in [0.2, 0.25) is 0 Å². The van der Waals surface area contributed by atoms with Gasteiger partial charge in [0.15, 0.2) is 0 Å². The Morgan fingerprint density at radius 2 is 1.50 bits per heavy atom. The van der Waals surface area contributed by atoms with Crippen molar-refractivity contribution < 1.29 is 9.53 Å². The number of carbonyl (C=O) groups is 1. The Labute approximate surface area is 156 Å². The number of piperazine rings is 1. The van der Waals surface area contributed by atoms with Crippen molar-refractivity contribution in [2.75, 3.05) is 32.8 Å². The van der Waals surface area contributed by atoms with Crippen molar-refractivity contribution in [3.05, 3.63) is 71.8 Å². The van der Waals surface area contributed by atoms with Gasteiger partial charge in [-0.1, -0.05) is 60.7 Å². The predicted molar refractivity (Wildman–Crippen MR) is 104 cm³/mol. The van der Waals surface area contributed by atoms with E-state index in [-0.39, 0.29) is 12.0 Å². The zero-order valence-corrected chi connectivity index (χ0v) is 15.5. The lowest BCUT2D eigenvalue weighted by molar-refractivity contribution is -0.150. The second-order valence-corrected chi connectivity index (χ2v) is 6.76. The van der Waals surface area contributed by atoms with E-state index in [1.54, 1.807) is 0 Å². The van der Waals surface area contributed by atoms with E-state index in [0.717, 1.165) is 32.7 Å². The molecular weight excluding hydrogens is 324 g/mol. The van der Waals surface area contributed by atoms with Gasteiger partial charge in [-0.2, -0.15) is 0 Å². The van der Waals surface area contributed by atoms with Crippen molar-refractivity contribution in [3.63, 3.8) is 0 Å². The summed E-state index contributed by atoms with van der Waals surface area (Å²) in [7, 11) is 0. The number of hydrogen-bond donors (Lipinski definition) is 0. The molecule has 4 nitrogen and oxygen atoms in total. The molecule has 3 rings (SSSR count). The van der Waals surface area contributed by atoms with Crippen molar-refractivity contribution in [1.29, 1.82) is 0 Å². The lowest BCUT2D eigenvalue weighted by atomic mass is 10.0. The molecule has 0 bridgehead atoms. The maximum absolute atomic E-state index is 12.5. The number of esters is 1. The Bertz CT molecular complexity index is 667. The molecule has 0 aromatic heterocycles. The van der Waals surface area contributed by atoms with Crippen LogP contribution in [0, 0.1) is 0 Å². The molecule has 0 radical (unpaired) electrons. The molecule has 2 aromatic carbocycles. The summed E-state index contributed by atoms with van der Waals surface area (Å²) in [5.74, 6) is -0.104. The Kier molecular flexibility index (Phi) is 6.81. The fourth-order valence-corrected chi connectivity index (χ4v) is 3.51. The van der Waals surface area contributed by atoms with Crippen LogP contribution in [0.1, 0.15) is 18.1 Å². The Morgan fingerprint density at radius 3 is 2.08 bits per heavy atom. The molecule has 0 saturated carbocycles. The van der Waals surface area contributed by atoms with Crippen molar-refractivity contribution in [1.82, 2.24) is 9.80 Å². The first-order valence-corrected chi connectivity index (χ1v) is 9.47. The first kappa shape index (κ1) is 18.6. The summed E-state index contributed by atoms with van der Waals surface area (Å²) < 4.78 is 5.36. The fraction of sp³-hybridized carbons (Fsp3) is 0.409. The van der Waals surface area contributed by atoms with E-state index in [1.807, 2.05) is 25.1 Å². The number of nitrogens with zero attached hydrogens (tertiary/aromatic N) is 2. The maximum Gasteiger partial charge on any atom is 0.323 e. The predicted octanol–water partition coefficient (Wildman–Crippen LogP) is 2.98. The molecule has 1 saturated heterocycles. The van der Waals surface area contributed by atoms with E-state index in [0.29, 0.717) is 13.0 Å². The van der Waals surface area contributed by atoms with E-state index in [9.17, 15) is 4.79 Å². The van der Waals surface area contributed by atoms with Crippen LogP contribution in [0.15, 0.2) is 60.7 Å². The summed E-state index contributed by atoms with van der Waals surface area (Å²) in [6.45, 7) is 7.00. The quantitative estimate of drug-likeness (QED) is 0.717. The monoisotopic (exact) mass is 352 g/mol. The third-order valence-electron chi connectivity index (χ3n) is 4.93. The number of hydrogen-bond acceptors (Lipinski definition) is 4. The van der Waals surface area contributed by atoms with Gasteiger partial charge in [0.25, 0.3) is 0 Å². The molecule has 26 heavy (non-hydrogen) atoms. The van der Waals surface area contributed by atoms with Crippen molar-refractivity contribution in [2.45, 2.75) is 25.9 Å². The number of benzene rings is 2. The molecule has 1 aliphatic rings. The summed E-state index contributed by atoms with van der Waals surface area (Å²) in [5, 5.41) is 0. The lowest BCUT2D eigenvalue weighted by Gasteiger charge is -2.38. The number of ether oxygens (including phenoxy) is 1. The minimum absolute atomic E-state index is 0.104. The first-order valence-electron chi connectivity index (χ1n) is 9.47. The third kappa shape index (κ3) is 5.16. The molecule has 0 spiro atoms. The minimum atomic E-state index is -0.198. The second-order valence-electron chi connectivity index (χ2n) is 6.76. The first-order chi connectivity index (χ1) is 12.8. The number of carbonyl (C=O) groups excluding carboxylic acids is 1. The average Bonchev–Trinajstić information content (AvgIpc) is 2.69. The highest BCUT2D eigenvalue weighted by molar-refractivity contribution is 5.76. The van der Waals surface area contributed by atoms with Gasteiger partial charge in [0, 0.05) is 32.7 Å². The van der Waals surface area contributed by atoms with E-state index >= 15 is 0 Å². The molecule has 1 aliphatic heterocycles. The van der Waals surface area contributed by atoms with Gasteiger partial charge in [-0.05, 0) is 24.5 Å². The largest absolute Gasteiger partial charge is 0.465 e. The minimum Gasteiger partial charge on any atom is -0.465 e. The average molecular weight is 352 g/mol. The maximum atomic E-state index is 12.5. The molecule has 1 heterocycles. The van der Waals surface area contributed by atoms with Crippen LogP contribution < -0.4 is 0 Å². The SMILES string of the molecule is CCOC(=O)C(Cc1ccccc1)N1CCN(Cc2ccccc2)CC1. The van der Waals surface area contributed by atoms with Crippen LogP contribution in [0.5, 0.6) is 0 Å². The lowest BCUT2D eigenvalue weighted by Crippen LogP contribution is -2.53. The molecule has 0 aliphatic carbocycles. The molecule has 138 valence electrons. The van der Waals surface area contributed by atoms with Crippen LogP contribution in [0.25, 0.3) is 0 Å². The molecule has 4 heteroatoms. The normalized spacial score (nSPS) is 17.0. The van der Waals surface area contributed by atoms with Crippen LogP contribution in [0.2, 0.25) is 0 Å². The van der Waals surface area contributed by atoms with Gasteiger partial charge in [-0.25, -0.2) is 0 Å². The third-order valence-corrected chi connectivity index (χ3v) is 4.93. The van der Waals surface area contributed by atoms with Crippen molar-refractivity contribution in [3.8, 4) is 0 Å². The Morgan fingerprint density at radius 1 is 0.923 bits per heavy atom. The summed E-state index contributed by atoms with van der Waals surface area (Å²) in [6.07, 6.45) is 0.707. The van der Waals surface area contributed by atoms with E-state index in [2.05, 4.69) is 52.3 Å². The molecule has 0 amide bonds. The van der Waals surface area contributed by atoms with Gasteiger partial charge in [-0.15, -0.1) is 0 Å². The molecule has 2 aromatic rings. The highest BCUT2D eigenvalue weighted by atomic mass is 16.5. The van der Waals surface area contributed by atoms with Crippen LogP contribution >= 0.6 is 0 Å². The zero-order chi connectivity index (χ0) is 18.2. The van der Waals surface area contributed by atoms with Gasteiger partial charge in [-0.3, -0.25) is 14.6 Å². The highest BCUT2D eigenvalue weighted by Crippen LogP contribution is 2.15. The smallest absolute Gasteiger partial charge is 0.323 e. The molecule has 1 fully saturated rings. The molecular formula is C22H28N2O2. The van der Waals surface area contributed by atoms with Crippen LogP contribution in [-0.2, 0) is 22.5 Å². The van der Waals surface area contributed by atoms with Crippen LogP contribution in [-0.4, -0.2) is 54.6 Å². The summed E-state index contributed by atoms with van der Waals surface area (Å²) in [6, 6.07) is 20.6. The molecule has 1 unspecified atom stereocenters. The van der Waals surface area contributed by atoms with Gasteiger partial charge < -0.3 is 4.74 Å². The Balaban J connectivity index is 1.60. The molecule has 1 atom stereocenters. The second kappa shape index (κ2) is 9.51. The highest BCUT2D eigenvalue weighted by Gasteiger charge is 2.30. The van der Waals surface area contributed by atoms with Gasteiger partial charge >= 0.3 is 5.97 Å². The van der Waals surface area contributed by atoms with Crippen LogP contribution in [0.4, 0.5) is 0 Å². The van der Waals surface area contributed by atoms with E-state index < -0.39 is 0 Å². The number of rotatable bonds is 7.